The lowest BCUT2D eigenvalue weighted by atomic mass is 10.0. The molecule has 2 aliphatic rings. The first kappa shape index (κ1) is 21.5. The second kappa shape index (κ2) is 9.27. The van der Waals surface area contributed by atoms with Crippen molar-refractivity contribution in [2.75, 3.05) is 31.6 Å². The van der Waals surface area contributed by atoms with Crippen molar-refractivity contribution >= 4 is 11.6 Å². The van der Waals surface area contributed by atoms with Gasteiger partial charge in [-0.15, -0.1) is 0 Å². The van der Waals surface area contributed by atoms with Crippen molar-refractivity contribution < 1.29 is 14.3 Å². The Morgan fingerprint density at radius 3 is 2.67 bits per heavy atom. The number of nitrogens with one attached hydrogen (secondary N) is 1. The van der Waals surface area contributed by atoms with Crippen molar-refractivity contribution in [2.45, 2.75) is 39.2 Å². The second-order valence-corrected chi connectivity index (χ2v) is 8.73. The smallest absolute Gasteiger partial charge is 0.238 e. The largest absolute Gasteiger partial charge is 0.490 e. The maximum Gasteiger partial charge on any atom is 0.238 e. The highest BCUT2D eigenvalue weighted by atomic mass is 16.5. The van der Waals surface area contributed by atoms with E-state index in [1.165, 1.54) is 5.56 Å². The predicted molar refractivity (Wildman–Crippen MR) is 127 cm³/mol. The van der Waals surface area contributed by atoms with Crippen LogP contribution in [0.2, 0.25) is 0 Å². The van der Waals surface area contributed by atoms with E-state index in [1.54, 1.807) is 0 Å². The zero-order valence-corrected chi connectivity index (χ0v) is 19.2. The molecule has 1 amide bonds. The van der Waals surface area contributed by atoms with Crippen LogP contribution in [0.3, 0.4) is 0 Å². The van der Waals surface area contributed by atoms with Crippen LogP contribution in [0.4, 0.5) is 5.69 Å². The van der Waals surface area contributed by atoms with Gasteiger partial charge in [0.1, 0.15) is 0 Å². The van der Waals surface area contributed by atoms with Crippen LogP contribution in [0.1, 0.15) is 42.3 Å². The first-order chi connectivity index (χ1) is 16.1. The molecule has 1 atom stereocenters. The number of aromatic nitrogens is 2. The Labute approximate surface area is 194 Å². The zero-order chi connectivity index (χ0) is 22.8. The molecular formula is C26H30N4O3. The lowest BCUT2D eigenvalue weighted by Crippen LogP contribution is -2.33. The van der Waals surface area contributed by atoms with E-state index < -0.39 is 0 Å². The number of para-hydroxylation sites is 1. The van der Waals surface area contributed by atoms with Gasteiger partial charge in [-0.25, -0.2) is 4.68 Å². The number of ether oxygens (including phenoxy) is 2. The number of amides is 1. The molecule has 7 heteroatoms. The summed E-state index contributed by atoms with van der Waals surface area (Å²) >= 11 is 0. The van der Waals surface area contributed by atoms with Gasteiger partial charge in [-0.3, -0.25) is 9.69 Å². The Hall–Kier alpha value is -3.32. The number of hydrogen-bond donors (Lipinski definition) is 1. The minimum absolute atomic E-state index is 0.0185. The Bertz CT molecular complexity index is 1140. The van der Waals surface area contributed by atoms with Crippen molar-refractivity contribution in [3.8, 4) is 17.2 Å². The van der Waals surface area contributed by atoms with Gasteiger partial charge >= 0.3 is 0 Å². The highest BCUT2D eigenvalue weighted by molar-refractivity contribution is 5.93. The normalized spacial score (nSPS) is 18.2. The van der Waals surface area contributed by atoms with Gasteiger partial charge in [0.05, 0.1) is 42.5 Å². The Kier molecular flexibility index (Phi) is 6.05. The van der Waals surface area contributed by atoms with Gasteiger partial charge in [-0.1, -0.05) is 24.3 Å². The number of aryl methyl sites for hydroxylation is 1. The molecule has 172 valence electrons. The standard InChI is InChI=1S/C26H30N4O3/c1-18-26(19(2)30(28-18)21-8-4-3-5-9-21)27-25(31)17-29-13-6-10-22(29)20-11-12-23-24(16-20)33-15-7-14-32-23/h3-5,8-9,11-12,16,22H,6-7,10,13-15,17H2,1-2H3,(H,27,31)/t22-/m1/s1. The summed E-state index contributed by atoms with van der Waals surface area (Å²) in [6, 6.07) is 16.3. The molecule has 0 saturated carbocycles. The maximum absolute atomic E-state index is 13.0. The molecular weight excluding hydrogens is 416 g/mol. The van der Waals surface area contributed by atoms with Gasteiger partial charge in [-0.2, -0.15) is 5.10 Å². The van der Waals surface area contributed by atoms with Gasteiger partial charge in [-0.05, 0) is 63.1 Å². The van der Waals surface area contributed by atoms with Crippen molar-refractivity contribution in [1.29, 1.82) is 0 Å². The van der Waals surface area contributed by atoms with Crippen molar-refractivity contribution in [3.05, 3.63) is 65.5 Å². The van der Waals surface area contributed by atoms with E-state index in [2.05, 4.69) is 27.4 Å². The molecule has 0 radical (unpaired) electrons. The summed E-state index contributed by atoms with van der Waals surface area (Å²) in [4.78, 5) is 15.3. The number of anilines is 1. The third-order valence-electron chi connectivity index (χ3n) is 6.42. The Balaban J connectivity index is 1.29. The summed E-state index contributed by atoms with van der Waals surface area (Å²) in [6.07, 6.45) is 2.98. The average Bonchev–Trinajstić information content (AvgIpc) is 3.29. The highest BCUT2D eigenvalue weighted by Crippen LogP contribution is 2.37. The molecule has 1 aromatic heterocycles. The molecule has 0 unspecified atom stereocenters. The summed E-state index contributed by atoms with van der Waals surface area (Å²) in [5, 5.41) is 7.76. The van der Waals surface area contributed by atoms with Crippen LogP contribution in [0.5, 0.6) is 11.5 Å². The fourth-order valence-electron chi connectivity index (χ4n) is 4.79. The second-order valence-electron chi connectivity index (χ2n) is 8.73. The Morgan fingerprint density at radius 1 is 1.06 bits per heavy atom. The molecule has 3 aromatic rings. The average molecular weight is 447 g/mol. The predicted octanol–water partition coefficient (Wildman–Crippen LogP) is 4.43. The lowest BCUT2D eigenvalue weighted by Gasteiger charge is -2.25. The molecule has 3 heterocycles. The van der Waals surface area contributed by atoms with Gasteiger partial charge < -0.3 is 14.8 Å². The molecule has 0 spiro atoms. The topological polar surface area (TPSA) is 68.6 Å². The first-order valence-electron chi connectivity index (χ1n) is 11.7. The van der Waals surface area contributed by atoms with Crippen molar-refractivity contribution in [2.24, 2.45) is 0 Å². The lowest BCUT2D eigenvalue weighted by molar-refractivity contribution is -0.117. The summed E-state index contributed by atoms with van der Waals surface area (Å²) in [7, 11) is 0. The van der Waals surface area contributed by atoms with E-state index in [-0.39, 0.29) is 11.9 Å². The molecule has 1 N–H and O–H groups in total. The van der Waals surface area contributed by atoms with Crippen LogP contribution < -0.4 is 14.8 Å². The van der Waals surface area contributed by atoms with Gasteiger partial charge in [0.2, 0.25) is 5.91 Å². The summed E-state index contributed by atoms with van der Waals surface area (Å²) in [5.74, 6) is 1.59. The van der Waals surface area contributed by atoms with Crippen molar-refractivity contribution in [3.63, 3.8) is 0 Å². The van der Waals surface area contributed by atoms with E-state index >= 15 is 0 Å². The molecule has 0 aliphatic carbocycles. The first-order valence-corrected chi connectivity index (χ1v) is 11.7. The number of fused-ring (bicyclic) bond motifs is 1. The summed E-state index contributed by atoms with van der Waals surface area (Å²) in [6.45, 7) is 6.50. The number of rotatable bonds is 5. The molecule has 2 aliphatic heterocycles. The van der Waals surface area contributed by atoms with Crippen LogP contribution in [-0.2, 0) is 4.79 Å². The van der Waals surface area contributed by atoms with Crippen LogP contribution in [0.25, 0.3) is 5.69 Å². The third kappa shape index (κ3) is 4.46. The van der Waals surface area contributed by atoms with E-state index in [0.29, 0.717) is 19.8 Å². The number of likely N-dealkylation sites (tertiary alicyclic amines) is 1. The van der Waals surface area contributed by atoms with E-state index in [0.717, 1.165) is 60.1 Å². The molecule has 0 bridgehead atoms. The quantitative estimate of drug-likeness (QED) is 0.628. The van der Waals surface area contributed by atoms with E-state index in [4.69, 9.17) is 9.47 Å². The molecule has 1 fully saturated rings. The SMILES string of the molecule is Cc1nn(-c2ccccc2)c(C)c1NC(=O)CN1CCC[C@@H]1c1ccc2c(c1)OCCCO2. The molecule has 5 rings (SSSR count). The molecule has 7 nitrogen and oxygen atoms in total. The van der Waals surface area contributed by atoms with Crippen LogP contribution in [-0.4, -0.2) is 46.9 Å². The highest BCUT2D eigenvalue weighted by Gasteiger charge is 2.29. The summed E-state index contributed by atoms with van der Waals surface area (Å²) < 4.78 is 13.5. The van der Waals surface area contributed by atoms with E-state index in [9.17, 15) is 4.79 Å². The minimum atomic E-state index is -0.0185. The van der Waals surface area contributed by atoms with Crippen molar-refractivity contribution in [1.82, 2.24) is 14.7 Å². The maximum atomic E-state index is 13.0. The Morgan fingerprint density at radius 2 is 1.85 bits per heavy atom. The summed E-state index contributed by atoms with van der Waals surface area (Å²) in [5.41, 5.74) is 4.68. The van der Waals surface area contributed by atoms with Gasteiger partial charge in [0.25, 0.3) is 0 Å². The number of hydrogen-bond acceptors (Lipinski definition) is 5. The third-order valence-corrected chi connectivity index (χ3v) is 6.42. The monoisotopic (exact) mass is 446 g/mol. The molecule has 1 saturated heterocycles. The molecule has 33 heavy (non-hydrogen) atoms. The zero-order valence-electron chi connectivity index (χ0n) is 19.2. The number of carbonyl (C=O) groups is 1. The van der Waals surface area contributed by atoms with Gasteiger partial charge in [0, 0.05) is 12.5 Å². The number of carbonyl (C=O) groups excluding carboxylic acids is 1. The van der Waals surface area contributed by atoms with Crippen LogP contribution >= 0.6 is 0 Å². The molecule has 2 aromatic carbocycles. The van der Waals surface area contributed by atoms with Crippen LogP contribution in [0, 0.1) is 13.8 Å². The number of benzene rings is 2. The van der Waals surface area contributed by atoms with Gasteiger partial charge in [0.15, 0.2) is 11.5 Å². The minimum Gasteiger partial charge on any atom is -0.490 e. The van der Waals surface area contributed by atoms with E-state index in [1.807, 2.05) is 54.9 Å². The fraction of sp³-hybridized carbons (Fsp3) is 0.385. The fourth-order valence-corrected chi connectivity index (χ4v) is 4.79. The number of nitrogens with zero attached hydrogens (tertiary/aromatic N) is 3. The van der Waals surface area contributed by atoms with Crippen LogP contribution in [0.15, 0.2) is 48.5 Å².